The van der Waals surface area contributed by atoms with E-state index in [0.29, 0.717) is 23.6 Å². The Balaban J connectivity index is 2.43. The van der Waals surface area contributed by atoms with Crippen molar-refractivity contribution in [3.63, 3.8) is 0 Å². The van der Waals surface area contributed by atoms with Crippen LogP contribution in [0.25, 0.3) is 0 Å². The number of para-hydroxylation sites is 1. The first-order valence-corrected chi connectivity index (χ1v) is 6.42. The maximum atomic E-state index is 11.5. The van der Waals surface area contributed by atoms with Crippen molar-refractivity contribution in [1.29, 1.82) is 0 Å². The molecule has 18 heavy (non-hydrogen) atoms. The number of nitrogens with two attached hydrogens (primary N) is 1. The van der Waals surface area contributed by atoms with E-state index in [4.69, 9.17) is 22.1 Å². The summed E-state index contributed by atoms with van der Waals surface area (Å²) in [5.74, 6) is -0.178. The second-order valence-corrected chi connectivity index (χ2v) is 5.66. The third kappa shape index (κ3) is 4.96. The van der Waals surface area contributed by atoms with Crippen molar-refractivity contribution in [3.05, 3.63) is 28.8 Å². The first kappa shape index (κ1) is 14.8. The molecule has 0 atom stereocenters. The van der Waals surface area contributed by atoms with Gasteiger partial charge in [-0.15, -0.1) is 0 Å². The lowest BCUT2D eigenvalue weighted by atomic mass is 10.1. The summed E-state index contributed by atoms with van der Waals surface area (Å²) in [4.78, 5) is 11.5. The lowest BCUT2D eigenvalue weighted by molar-refractivity contribution is -0.154. The highest BCUT2D eigenvalue weighted by molar-refractivity contribution is 6.33. The molecule has 3 nitrogen and oxygen atoms in total. The van der Waals surface area contributed by atoms with Gasteiger partial charge in [0.05, 0.1) is 10.7 Å². The van der Waals surface area contributed by atoms with Crippen LogP contribution in [-0.4, -0.2) is 11.6 Å². The molecular formula is C14H20ClNO2. The zero-order valence-electron chi connectivity index (χ0n) is 11.1. The van der Waals surface area contributed by atoms with Crippen molar-refractivity contribution in [2.45, 2.75) is 45.6 Å². The number of ether oxygens (including phenoxy) is 1. The van der Waals surface area contributed by atoms with Gasteiger partial charge in [0.2, 0.25) is 0 Å². The summed E-state index contributed by atoms with van der Waals surface area (Å²) >= 11 is 5.93. The van der Waals surface area contributed by atoms with Crippen molar-refractivity contribution in [2.75, 3.05) is 5.73 Å². The molecule has 2 N–H and O–H groups in total. The van der Waals surface area contributed by atoms with Gasteiger partial charge in [-0.2, -0.15) is 0 Å². The van der Waals surface area contributed by atoms with Crippen molar-refractivity contribution in [3.8, 4) is 0 Å². The van der Waals surface area contributed by atoms with E-state index in [1.807, 2.05) is 32.9 Å². The maximum absolute atomic E-state index is 11.5. The quantitative estimate of drug-likeness (QED) is 0.671. The Morgan fingerprint density at radius 2 is 2.06 bits per heavy atom. The van der Waals surface area contributed by atoms with E-state index in [1.165, 1.54) is 0 Å². The van der Waals surface area contributed by atoms with E-state index >= 15 is 0 Å². The highest BCUT2D eigenvalue weighted by atomic mass is 35.5. The Morgan fingerprint density at radius 3 is 2.67 bits per heavy atom. The molecule has 0 bridgehead atoms. The molecule has 0 heterocycles. The van der Waals surface area contributed by atoms with Gasteiger partial charge in [0.1, 0.15) is 5.60 Å². The first-order chi connectivity index (χ1) is 8.29. The molecule has 0 amide bonds. The van der Waals surface area contributed by atoms with Gasteiger partial charge in [0.15, 0.2) is 0 Å². The molecule has 0 saturated carbocycles. The summed E-state index contributed by atoms with van der Waals surface area (Å²) in [7, 11) is 0. The van der Waals surface area contributed by atoms with E-state index in [9.17, 15) is 4.79 Å². The number of nitrogen functional groups attached to an aromatic ring is 1. The van der Waals surface area contributed by atoms with E-state index in [2.05, 4.69) is 0 Å². The minimum Gasteiger partial charge on any atom is -0.460 e. The zero-order valence-corrected chi connectivity index (χ0v) is 11.9. The summed E-state index contributed by atoms with van der Waals surface area (Å²) < 4.78 is 5.23. The minimum atomic E-state index is -0.424. The molecular weight excluding hydrogens is 250 g/mol. The van der Waals surface area contributed by atoms with Gasteiger partial charge in [0.25, 0.3) is 0 Å². The fraction of sp³-hybridized carbons (Fsp3) is 0.500. The summed E-state index contributed by atoms with van der Waals surface area (Å²) in [5, 5.41) is 0.560. The van der Waals surface area contributed by atoms with Gasteiger partial charge in [-0.25, -0.2) is 0 Å². The molecule has 0 aliphatic rings. The number of halogens is 1. The van der Waals surface area contributed by atoms with Crippen molar-refractivity contribution >= 4 is 23.3 Å². The van der Waals surface area contributed by atoms with Crippen molar-refractivity contribution < 1.29 is 9.53 Å². The number of esters is 1. The molecule has 1 aromatic rings. The number of hydrogen-bond donors (Lipinski definition) is 1. The van der Waals surface area contributed by atoms with Crippen LogP contribution < -0.4 is 5.73 Å². The largest absolute Gasteiger partial charge is 0.460 e. The fourth-order valence-electron chi connectivity index (χ4n) is 1.62. The average molecular weight is 270 g/mol. The second-order valence-electron chi connectivity index (χ2n) is 5.25. The van der Waals surface area contributed by atoms with E-state index in [0.717, 1.165) is 12.0 Å². The van der Waals surface area contributed by atoms with Crippen LogP contribution in [0, 0.1) is 0 Å². The molecule has 0 fully saturated rings. The van der Waals surface area contributed by atoms with Crippen molar-refractivity contribution in [2.24, 2.45) is 0 Å². The summed E-state index contributed by atoms with van der Waals surface area (Å²) in [6.07, 6.45) is 1.83. The Labute approximate surface area is 113 Å². The summed E-state index contributed by atoms with van der Waals surface area (Å²) in [6.45, 7) is 5.58. The molecule has 100 valence electrons. The predicted molar refractivity (Wildman–Crippen MR) is 74.6 cm³/mol. The number of benzene rings is 1. The van der Waals surface area contributed by atoms with Crippen LogP contribution in [0.15, 0.2) is 18.2 Å². The Hall–Kier alpha value is -1.22. The van der Waals surface area contributed by atoms with Crippen LogP contribution in [0.1, 0.15) is 39.2 Å². The van der Waals surface area contributed by atoms with Gasteiger partial charge >= 0.3 is 5.97 Å². The SMILES string of the molecule is CC(C)(C)OC(=O)CCCc1cccc(Cl)c1N. The summed E-state index contributed by atoms with van der Waals surface area (Å²) in [5.41, 5.74) is 7.01. The molecule has 4 heteroatoms. The normalized spacial score (nSPS) is 11.3. The molecule has 1 aromatic carbocycles. The van der Waals surface area contributed by atoms with Crippen LogP contribution in [0.3, 0.4) is 0 Å². The molecule has 0 aliphatic carbocycles. The minimum absolute atomic E-state index is 0.178. The van der Waals surface area contributed by atoms with E-state index in [-0.39, 0.29) is 5.97 Å². The van der Waals surface area contributed by atoms with Crippen LogP contribution in [0.4, 0.5) is 5.69 Å². The number of rotatable bonds is 4. The molecule has 0 radical (unpaired) electrons. The standard InChI is InChI=1S/C14H20ClNO2/c1-14(2,3)18-12(17)9-5-7-10-6-4-8-11(15)13(10)16/h4,6,8H,5,7,9,16H2,1-3H3. The van der Waals surface area contributed by atoms with Crippen LogP contribution >= 0.6 is 11.6 Å². The van der Waals surface area contributed by atoms with Gasteiger partial charge < -0.3 is 10.5 Å². The topological polar surface area (TPSA) is 52.3 Å². The van der Waals surface area contributed by atoms with Gasteiger partial charge in [-0.1, -0.05) is 23.7 Å². The third-order valence-electron chi connectivity index (χ3n) is 2.39. The fourth-order valence-corrected chi connectivity index (χ4v) is 1.81. The van der Waals surface area contributed by atoms with E-state index < -0.39 is 5.60 Å². The number of carbonyl (C=O) groups is 1. The number of carbonyl (C=O) groups excluding carboxylic acids is 1. The number of aryl methyl sites for hydroxylation is 1. The molecule has 0 spiro atoms. The van der Waals surface area contributed by atoms with Gasteiger partial charge in [-0.05, 0) is 45.2 Å². The zero-order chi connectivity index (χ0) is 13.8. The van der Waals surface area contributed by atoms with E-state index in [1.54, 1.807) is 6.07 Å². The summed E-state index contributed by atoms with van der Waals surface area (Å²) in [6, 6.07) is 5.55. The highest BCUT2D eigenvalue weighted by Gasteiger charge is 2.15. The lowest BCUT2D eigenvalue weighted by Gasteiger charge is -2.19. The third-order valence-corrected chi connectivity index (χ3v) is 2.72. The predicted octanol–water partition coefficient (Wildman–Crippen LogP) is 3.59. The Morgan fingerprint density at radius 1 is 1.39 bits per heavy atom. The first-order valence-electron chi connectivity index (χ1n) is 6.04. The van der Waals surface area contributed by atoms with Gasteiger partial charge in [0, 0.05) is 6.42 Å². The molecule has 1 rings (SSSR count). The molecule has 0 aliphatic heterocycles. The Kier molecular flexibility index (Phi) is 5.03. The smallest absolute Gasteiger partial charge is 0.306 e. The number of anilines is 1. The van der Waals surface area contributed by atoms with Crippen LogP contribution in [0.2, 0.25) is 5.02 Å². The number of hydrogen-bond acceptors (Lipinski definition) is 3. The maximum Gasteiger partial charge on any atom is 0.306 e. The molecule has 0 aromatic heterocycles. The molecule has 0 unspecified atom stereocenters. The van der Waals surface area contributed by atoms with Gasteiger partial charge in [-0.3, -0.25) is 4.79 Å². The van der Waals surface area contributed by atoms with Crippen molar-refractivity contribution in [1.82, 2.24) is 0 Å². The lowest BCUT2D eigenvalue weighted by Crippen LogP contribution is -2.23. The Bertz CT molecular complexity index is 424. The highest BCUT2D eigenvalue weighted by Crippen LogP contribution is 2.23. The van der Waals surface area contributed by atoms with Crippen LogP contribution in [0.5, 0.6) is 0 Å². The molecule has 0 saturated heterocycles. The second kappa shape index (κ2) is 6.10. The monoisotopic (exact) mass is 269 g/mol. The van der Waals surface area contributed by atoms with Crippen LogP contribution in [-0.2, 0) is 16.0 Å². The average Bonchev–Trinajstić information content (AvgIpc) is 2.21.